The number of aromatic nitrogens is 3. The first-order chi connectivity index (χ1) is 9.82. The van der Waals surface area contributed by atoms with Gasteiger partial charge in [0.1, 0.15) is 0 Å². The van der Waals surface area contributed by atoms with Crippen molar-refractivity contribution in [3.63, 3.8) is 0 Å². The summed E-state index contributed by atoms with van der Waals surface area (Å²) in [6.07, 6.45) is 0. The molecule has 6 nitrogen and oxygen atoms in total. The van der Waals surface area contributed by atoms with Gasteiger partial charge in [-0.2, -0.15) is 0 Å². The molecule has 1 aromatic heterocycles. The summed E-state index contributed by atoms with van der Waals surface area (Å²) in [6, 6.07) is 6.30. The summed E-state index contributed by atoms with van der Waals surface area (Å²) < 4.78 is 2.97. The SMILES string of the molecule is CC(C)Cn1c(=O)n(C)c(=O)n(-c2ccc(Cl)cc2)c1=O. The summed E-state index contributed by atoms with van der Waals surface area (Å²) >= 11 is 5.81. The molecule has 7 heteroatoms. The van der Waals surface area contributed by atoms with Gasteiger partial charge < -0.3 is 0 Å². The van der Waals surface area contributed by atoms with E-state index in [1.165, 1.54) is 7.05 Å². The summed E-state index contributed by atoms with van der Waals surface area (Å²) in [6.45, 7) is 4.03. The molecular weight excluding hydrogens is 294 g/mol. The van der Waals surface area contributed by atoms with Gasteiger partial charge in [0.2, 0.25) is 0 Å². The van der Waals surface area contributed by atoms with Crippen LogP contribution in [-0.2, 0) is 13.6 Å². The highest BCUT2D eigenvalue weighted by Crippen LogP contribution is 2.10. The smallest absolute Gasteiger partial charge is 0.248 e. The molecule has 0 unspecified atom stereocenters. The van der Waals surface area contributed by atoms with Gasteiger partial charge in [-0.1, -0.05) is 25.4 Å². The fraction of sp³-hybridized carbons (Fsp3) is 0.357. The minimum absolute atomic E-state index is 0.103. The van der Waals surface area contributed by atoms with Gasteiger partial charge in [0.25, 0.3) is 0 Å². The van der Waals surface area contributed by atoms with Crippen LogP contribution in [0.15, 0.2) is 38.6 Å². The molecular formula is C14H16ClN3O3. The van der Waals surface area contributed by atoms with Crippen molar-refractivity contribution in [2.24, 2.45) is 13.0 Å². The quantitative estimate of drug-likeness (QED) is 0.850. The molecule has 21 heavy (non-hydrogen) atoms. The van der Waals surface area contributed by atoms with E-state index in [2.05, 4.69) is 0 Å². The second-order valence-corrected chi connectivity index (χ2v) is 5.66. The average Bonchev–Trinajstić information content (AvgIpc) is 2.43. The molecule has 0 bridgehead atoms. The number of hydrogen-bond donors (Lipinski definition) is 0. The lowest BCUT2D eigenvalue weighted by molar-refractivity contribution is 0.449. The second-order valence-electron chi connectivity index (χ2n) is 5.22. The van der Waals surface area contributed by atoms with Gasteiger partial charge in [-0.3, -0.25) is 0 Å². The van der Waals surface area contributed by atoms with Crippen molar-refractivity contribution in [3.8, 4) is 5.69 Å². The van der Waals surface area contributed by atoms with E-state index in [0.717, 1.165) is 13.7 Å². The van der Waals surface area contributed by atoms with Crippen molar-refractivity contribution in [3.05, 3.63) is 60.7 Å². The van der Waals surface area contributed by atoms with Crippen LogP contribution in [0, 0.1) is 5.92 Å². The first-order valence-corrected chi connectivity index (χ1v) is 6.89. The molecule has 1 heterocycles. The Labute approximate surface area is 125 Å². The van der Waals surface area contributed by atoms with Crippen molar-refractivity contribution < 1.29 is 0 Å². The fourth-order valence-electron chi connectivity index (χ4n) is 2.03. The topological polar surface area (TPSA) is 66.0 Å². The molecule has 2 rings (SSSR count). The molecule has 2 aromatic rings. The van der Waals surface area contributed by atoms with Crippen LogP contribution in [0.4, 0.5) is 0 Å². The maximum atomic E-state index is 12.5. The largest absolute Gasteiger partial charge is 0.340 e. The summed E-state index contributed by atoms with van der Waals surface area (Å²) in [4.78, 5) is 36.8. The van der Waals surface area contributed by atoms with Crippen molar-refractivity contribution in [2.75, 3.05) is 0 Å². The third-order valence-electron chi connectivity index (χ3n) is 3.05. The molecule has 0 radical (unpaired) electrons. The number of hydrogen-bond acceptors (Lipinski definition) is 3. The lowest BCUT2D eigenvalue weighted by atomic mass is 10.2. The van der Waals surface area contributed by atoms with Crippen LogP contribution in [0.2, 0.25) is 5.02 Å². The van der Waals surface area contributed by atoms with E-state index < -0.39 is 17.1 Å². The highest BCUT2D eigenvalue weighted by Gasteiger charge is 2.15. The molecule has 0 spiro atoms. The molecule has 0 N–H and O–H groups in total. The summed E-state index contributed by atoms with van der Waals surface area (Å²) in [5.41, 5.74) is -1.54. The zero-order chi connectivity index (χ0) is 15.7. The molecule has 0 saturated heterocycles. The van der Waals surface area contributed by atoms with E-state index in [0.29, 0.717) is 10.7 Å². The van der Waals surface area contributed by atoms with Gasteiger partial charge in [0.05, 0.1) is 5.69 Å². The molecule has 0 fully saturated rings. The Balaban J connectivity index is 2.81. The van der Waals surface area contributed by atoms with Crippen LogP contribution in [0.5, 0.6) is 0 Å². The Morgan fingerprint density at radius 3 is 2.10 bits per heavy atom. The van der Waals surface area contributed by atoms with Crippen LogP contribution in [0.25, 0.3) is 5.69 Å². The number of nitrogens with zero attached hydrogens (tertiary/aromatic N) is 3. The van der Waals surface area contributed by atoms with E-state index >= 15 is 0 Å². The van der Waals surface area contributed by atoms with Crippen molar-refractivity contribution in [1.82, 2.24) is 13.7 Å². The molecule has 0 aliphatic rings. The van der Waals surface area contributed by atoms with Crippen molar-refractivity contribution >= 4 is 11.6 Å². The normalized spacial score (nSPS) is 11.1. The molecule has 112 valence electrons. The van der Waals surface area contributed by atoms with E-state index in [4.69, 9.17) is 11.6 Å². The molecule has 0 aliphatic heterocycles. The fourth-order valence-corrected chi connectivity index (χ4v) is 2.16. The Morgan fingerprint density at radius 2 is 1.57 bits per heavy atom. The van der Waals surface area contributed by atoms with Crippen LogP contribution < -0.4 is 17.1 Å². The lowest BCUT2D eigenvalue weighted by Crippen LogP contribution is -2.53. The predicted octanol–water partition coefficient (Wildman–Crippen LogP) is 1.01. The van der Waals surface area contributed by atoms with Crippen LogP contribution in [-0.4, -0.2) is 13.7 Å². The third-order valence-corrected chi connectivity index (χ3v) is 3.30. The Morgan fingerprint density at radius 1 is 1.00 bits per heavy atom. The number of benzene rings is 1. The lowest BCUT2D eigenvalue weighted by Gasteiger charge is -2.13. The average molecular weight is 310 g/mol. The molecule has 0 amide bonds. The van der Waals surface area contributed by atoms with Gasteiger partial charge in [-0.25, -0.2) is 28.1 Å². The zero-order valence-electron chi connectivity index (χ0n) is 12.0. The minimum atomic E-state index is -0.674. The Bertz CT molecular complexity index is 829. The molecule has 1 aromatic carbocycles. The maximum Gasteiger partial charge on any atom is 0.340 e. The van der Waals surface area contributed by atoms with Gasteiger partial charge in [0.15, 0.2) is 0 Å². The number of halogens is 1. The van der Waals surface area contributed by atoms with Crippen LogP contribution >= 0.6 is 11.6 Å². The van der Waals surface area contributed by atoms with E-state index in [1.807, 2.05) is 13.8 Å². The summed E-state index contributed by atoms with van der Waals surface area (Å²) in [5.74, 6) is 0.103. The number of rotatable bonds is 3. The highest BCUT2D eigenvalue weighted by molar-refractivity contribution is 6.30. The Kier molecular flexibility index (Phi) is 4.18. The van der Waals surface area contributed by atoms with Gasteiger partial charge in [-0.05, 0) is 30.2 Å². The summed E-state index contributed by atoms with van der Waals surface area (Å²) in [5, 5.41) is 0.499. The van der Waals surface area contributed by atoms with Gasteiger partial charge >= 0.3 is 17.1 Å². The van der Waals surface area contributed by atoms with E-state index in [-0.39, 0.29) is 12.5 Å². The third kappa shape index (κ3) is 2.85. The Hall–Kier alpha value is -2.08. The molecule has 0 atom stereocenters. The van der Waals surface area contributed by atoms with Gasteiger partial charge in [0, 0.05) is 18.6 Å². The van der Waals surface area contributed by atoms with Crippen molar-refractivity contribution in [2.45, 2.75) is 20.4 Å². The van der Waals surface area contributed by atoms with Crippen LogP contribution in [0.1, 0.15) is 13.8 Å². The predicted molar refractivity (Wildman–Crippen MR) is 81.4 cm³/mol. The van der Waals surface area contributed by atoms with E-state index in [9.17, 15) is 14.4 Å². The second kappa shape index (κ2) is 5.73. The first kappa shape index (κ1) is 15.3. The zero-order valence-corrected chi connectivity index (χ0v) is 12.8. The van der Waals surface area contributed by atoms with E-state index in [1.54, 1.807) is 24.3 Å². The first-order valence-electron chi connectivity index (χ1n) is 6.51. The highest BCUT2D eigenvalue weighted by atomic mass is 35.5. The van der Waals surface area contributed by atoms with Gasteiger partial charge in [-0.15, -0.1) is 0 Å². The molecule has 0 saturated carbocycles. The monoisotopic (exact) mass is 309 g/mol. The molecule has 0 aliphatic carbocycles. The van der Waals surface area contributed by atoms with Crippen molar-refractivity contribution in [1.29, 1.82) is 0 Å². The summed E-state index contributed by atoms with van der Waals surface area (Å²) in [7, 11) is 1.35. The standard InChI is InChI=1S/C14H16ClN3O3/c1-9(2)8-17-12(19)16(3)13(20)18(14(17)21)11-6-4-10(15)5-7-11/h4-7,9H,8H2,1-3H3. The minimum Gasteiger partial charge on any atom is -0.248 e. The maximum absolute atomic E-state index is 12.5. The van der Waals surface area contributed by atoms with Crippen LogP contribution in [0.3, 0.4) is 0 Å².